The van der Waals surface area contributed by atoms with Gasteiger partial charge < -0.3 is 14.8 Å². The van der Waals surface area contributed by atoms with Gasteiger partial charge in [0.2, 0.25) is 0 Å². The zero-order valence-corrected chi connectivity index (χ0v) is 23.1. The molecule has 3 aromatic rings. The Labute approximate surface area is 224 Å². The molecule has 0 aromatic heterocycles. The molecule has 0 spiro atoms. The maximum atomic E-state index is 13.9. The minimum Gasteiger partial charge on any atom is -0.493 e. The van der Waals surface area contributed by atoms with Gasteiger partial charge in [-0.05, 0) is 78.7 Å². The molecule has 1 saturated heterocycles. The van der Waals surface area contributed by atoms with Crippen molar-refractivity contribution >= 4 is 66.5 Å². The Balaban J connectivity index is 1.56. The summed E-state index contributed by atoms with van der Waals surface area (Å²) in [5, 5.41) is 3.33. The van der Waals surface area contributed by atoms with Crippen molar-refractivity contribution in [2.75, 3.05) is 7.11 Å². The van der Waals surface area contributed by atoms with Gasteiger partial charge in [0.1, 0.15) is 12.4 Å². The number of hydrogen-bond acceptors (Lipinski definition) is 5. The third-order valence-electron chi connectivity index (χ3n) is 5.21. The minimum absolute atomic E-state index is 0.0585. The number of aliphatic imine (C=N–C) groups is 1. The largest absolute Gasteiger partial charge is 0.493 e. The van der Waals surface area contributed by atoms with Gasteiger partial charge in [-0.3, -0.25) is 4.79 Å². The first-order valence-electron chi connectivity index (χ1n) is 10.5. The van der Waals surface area contributed by atoms with Gasteiger partial charge in [-0.25, -0.2) is 9.38 Å². The predicted octanol–water partition coefficient (Wildman–Crippen LogP) is 7.45. The van der Waals surface area contributed by atoms with Crippen LogP contribution in [0.2, 0.25) is 0 Å². The summed E-state index contributed by atoms with van der Waals surface area (Å²) in [5.41, 5.74) is 4.09. The van der Waals surface area contributed by atoms with E-state index in [0.29, 0.717) is 31.6 Å². The number of aryl methyl sites for hydroxylation is 2. The van der Waals surface area contributed by atoms with Crippen LogP contribution in [-0.2, 0) is 11.4 Å². The summed E-state index contributed by atoms with van der Waals surface area (Å²) in [5.74, 6) is 0.359. The van der Waals surface area contributed by atoms with E-state index in [1.165, 1.54) is 24.9 Å². The molecule has 1 N–H and O–H groups in total. The third kappa shape index (κ3) is 5.97. The summed E-state index contributed by atoms with van der Waals surface area (Å²) in [4.78, 5) is 17.7. The van der Waals surface area contributed by atoms with Crippen molar-refractivity contribution < 1.29 is 18.7 Å². The summed E-state index contributed by atoms with van der Waals surface area (Å²) in [6.07, 6.45) is 1.76. The van der Waals surface area contributed by atoms with Crippen LogP contribution in [0.1, 0.15) is 22.3 Å². The van der Waals surface area contributed by atoms with Crippen LogP contribution in [0.3, 0.4) is 0 Å². The van der Waals surface area contributed by atoms with Crippen LogP contribution in [0.4, 0.5) is 10.1 Å². The maximum absolute atomic E-state index is 13.9. The number of halogens is 3. The molecule has 0 unspecified atom stereocenters. The molecule has 0 bridgehead atoms. The van der Waals surface area contributed by atoms with Crippen molar-refractivity contribution in [1.82, 2.24) is 5.32 Å². The minimum atomic E-state index is -0.331. The molecule has 180 valence electrons. The predicted molar refractivity (Wildman–Crippen MR) is 146 cm³/mol. The Kier molecular flexibility index (Phi) is 7.98. The summed E-state index contributed by atoms with van der Waals surface area (Å²) in [6, 6.07) is 13.9. The number of carbonyl (C=O) groups is 1. The fourth-order valence-corrected chi connectivity index (χ4v) is 4.93. The second kappa shape index (κ2) is 11.0. The molecule has 1 fully saturated rings. The van der Waals surface area contributed by atoms with E-state index in [-0.39, 0.29) is 18.3 Å². The Bertz CT molecular complexity index is 1350. The van der Waals surface area contributed by atoms with Gasteiger partial charge in [0.25, 0.3) is 5.91 Å². The quantitative estimate of drug-likeness (QED) is 0.291. The van der Waals surface area contributed by atoms with Crippen LogP contribution >= 0.6 is 43.6 Å². The SMILES string of the molecule is COc1cc(/C=C2\SC(=Nc3cc(C)c(Br)c(C)c3)NC2=O)c(Br)cc1OCc1ccccc1F. The number of methoxy groups -OCH3 is 1. The van der Waals surface area contributed by atoms with E-state index in [9.17, 15) is 9.18 Å². The molecular formula is C26H21Br2FN2O3S. The van der Waals surface area contributed by atoms with E-state index in [2.05, 4.69) is 42.2 Å². The Morgan fingerprint density at radius 3 is 2.49 bits per heavy atom. The molecule has 1 heterocycles. The van der Waals surface area contributed by atoms with Gasteiger partial charge in [-0.2, -0.15) is 0 Å². The monoisotopic (exact) mass is 618 g/mol. The lowest BCUT2D eigenvalue weighted by Crippen LogP contribution is -2.19. The average Bonchev–Trinajstić information content (AvgIpc) is 3.16. The highest BCUT2D eigenvalue weighted by molar-refractivity contribution is 9.10. The van der Waals surface area contributed by atoms with Crippen LogP contribution < -0.4 is 14.8 Å². The summed E-state index contributed by atoms with van der Waals surface area (Å²) in [7, 11) is 1.53. The van der Waals surface area contributed by atoms with E-state index in [0.717, 1.165) is 26.9 Å². The number of carbonyl (C=O) groups excluding carboxylic acids is 1. The number of amides is 1. The second-order valence-corrected chi connectivity index (χ2v) is 10.5. The molecule has 4 rings (SSSR count). The Morgan fingerprint density at radius 2 is 1.80 bits per heavy atom. The number of ether oxygens (including phenoxy) is 2. The van der Waals surface area contributed by atoms with Gasteiger partial charge >= 0.3 is 0 Å². The van der Waals surface area contributed by atoms with Crippen molar-refractivity contribution in [2.45, 2.75) is 20.5 Å². The lowest BCUT2D eigenvalue weighted by molar-refractivity contribution is -0.115. The van der Waals surface area contributed by atoms with Crippen LogP contribution in [0.15, 0.2) is 67.4 Å². The molecular weight excluding hydrogens is 599 g/mol. The highest BCUT2D eigenvalue weighted by Gasteiger charge is 2.24. The molecule has 0 atom stereocenters. The van der Waals surface area contributed by atoms with Gasteiger partial charge in [-0.15, -0.1) is 0 Å². The number of thioether (sulfide) groups is 1. The molecule has 0 radical (unpaired) electrons. The molecule has 0 aliphatic carbocycles. The summed E-state index contributed by atoms with van der Waals surface area (Å²) in [6.45, 7) is 4.06. The molecule has 5 nitrogen and oxygen atoms in total. The second-order valence-electron chi connectivity index (χ2n) is 7.78. The molecule has 9 heteroatoms. The molecule has 1 aliphatic rings. The van der Waals surface area contributed by atoms with E-state index in [4.69, 9.17) is 9.47 Å². The van der Waals surface area contributed by atoms with Gasteiger partial charge in [0.05, 0.1) is 17.7 Å². The first kappa shape index (κ1) is 25.5. The van der Waals surface area contributed by atoms with E-state index in [1.807, 2.05) is 26.0 Å². The smallest absolute Gasteiger partial charge is 0.264 e. The Hall–Kier alpha value is -2.62. The molecule has 1 amide bonds. The van der Waals surface area contributed by atoms with Gasteiger partial charge in [0.15, 0.2) is 16.7 Å². The molecule has 3 aromatic carbocycles. The highest BCUT2D eigenvalue weighted by Crippen LogP contribution is 2.37. The van der Waals surface area contributed by atoms with Crippen molar-refractivity contribution in [3.05, 3.63) is 90.5 Å². The summed E-state index contributed by atoms with van der Waals surface area (Å²) < 4.78 is 27.0. The lowest BCUT2D eigenvalue weighted by Gasteiger charge is -2.13. The third-order valence-corrected chi connectivity index (χ3v) is 8.06. The van der Waals surface area contributed by atoms with Crippen LogP contribution in [-0.4, -0.2) is 18.2 Å². The summed E-state index contributed by atoms with van der Waals surface area (Å²) >= 11 is 8.36. The van der Waals surface area contributed by atoms with Crippen molar-refractivity contribution in [1.29, 1.82) is 0 Å². The number of hydrogen-bond donors (Lipinski definition) is 1. The van der Waals surface area contributed by atoms with Crippen molar-refractivity contribution in [2.24, 2.45) is 4.99 Å². The van der Waals surface area contributed by atoms with Crippen LogP contribution in [0.5, 0.6) is 11.5 Å². The van der Waals surface area contributed by atoms with Crippen LogP contribution in [0, 0.1) is 19.7 Å². The first-order chi connectivity index (χ1) is 16.7. The number of nitrogens with one attached hydrogen (secondary N) is 1. The normalized spacial score (nSPS) is 15.5. The fraction of sp³-hybridized carbons (Fsp3) is 0.154. The molecule has 0 saturated carbocycles. The van der Waals surface area contributed by atoms with Crippen molar-refractivity contribution in [3.8, 4) is 11.5 Å². The topological polar surface area (TPSA) is 59.9 Å². The maximum Gasteiger partial charge on any atom is 0.264 e. The number of rotatable bonds is 6. The van der Waals surface area contributed by atoms with E-state index < -0.39 is 0 Å². The Morgan fingerprint density at radius 1 is 1.09 bits per heavy atom. The van der Waals surface area contributed by atoms with E-state index >= 15 is 0 Å². The zero-order valence-electron chi connectivity index (χ0n) is 19.1. The average molecular weight is 620 g/mol. The van der Waals surface area contributed by atoms with Gasteiger partial charge in [-0.1, -0.05) is 50.1 Å². The van der Waals surface area contributed by atoms with Gasteiger partial charge in [0, 0.05) is 14.5 Å². The molecule has 1 aliphatic heterocycles. The highest BCUT2D eigenvalue weighted by atomic mass is 79.9. The zero-order chi connectivity index (χ0) is 25.1. The molecule has 35 heavy (non-hydrogen) atoms. The van der Waals surface area contributed by atoms with Crippen LogP contribution in [0.25, 0.3) is 6.08 Å². The lowest BCUT2D eigenvalue weighted by atomic mass is 10.1. The standard InChI is InChI=1S/C26H21Br2FN2O3S/c1-14-8-18(9-15(2)24(14)28)30-26-31-25(32)23(35-26)11-17-10-21(33-3)22(12-19(17)27)34-13-16-6-4-5-7-20(16)29/h4-12H,13H2,1-3H3,(H,30,31,32)/b23-11-. The number of nitrogens with zero attached hydrogens (tertiary/aromatic N) is 1. The van der Waals surface area contributed by atoms with Crippen molar-refractivity contribution in [3.63, 3.8) is 0 Å². The fourth-order valence-electron chi connectivity index (χ4n) is 3.43. The first-order valence-corrected chi connectivity index (χ1v) is 13.0. The number of benzene rings is 3. The van der Waals surface area contributed by atoms with E-state index in [1.54, 1.807) is 36.4 Å². The number of amidine groups is 1.